The second-order valence-corrected chi connectivity index (χ2v) is 4.06. The summed E-state index contributed by atoms with van der Waals surface area (Å²) in [6.45, 7) is 1.90. The summed E-state index contributed by atoms with van der Waals surface area (Å²) < 4.78 is 4.70. The molecule has 0 radical (unpaired) electrons. The zero-order chi connectivity index (χ0) is 15.0. The number of nitrogens with zero attached hydrogens (tertiary/aromatic N) is 1. The number of H-pyrrole nitrogens is 1. The van der Waals surface area contributed by atoms with Crippen LogP contribution in [0.4, 0.5) is 0 Å². The van der Waals surface area contributed by atoms with Crippen LogP contribution in [0.1, 0.15) is 25.5 Å². The molecule has 110 valence electrons. The second kappa shape index (κ2) is 7.93. The third kappa shape index (κ3) is 5.51. The van der Waals surface area contributed by atoms with E-state index in [-0.39, 0.29) is 25.9 Å². The van der Waals surface area contributed by atoms with Gasteiger partial charge in [-0.2, -0.15) is 5.10 Å². The topological polar surface area (TPSA) is 121 Å². The number of ether oxygens (including phenoxy) is 1. The van der Waals surface area contributed by atoms with E-state index in [1.807, 2.05) is 0 Å². The standard InChI is InChI=1S/C12H17N3O5/c1-2-20-11(17)4-3-9(12(18)19)14-10(16)7-8-5-6-13-15-8/h5-6,9H,2-4,7H2,1H3,(H,13,15)(H,14,16)(H,18,19)/t9-/m0/s1. The molecule has 3 N–H and O–H groups in total. The lowest BCUT2D eigenvalue weighted by atomic mass is 10.1. The largest absolute Gasteiger partial charge is 0.480 e. The molecule has 1 atom stereocenters. The molecule has 8 nitrogen and oxygen atoms in total. The molecule has 1 rings (SSSR count). The molecular weight excluding hydrogens is 266 g/mol. The van der Waals surface area contributed by atoms with Crippen LogP contribution >= 0.6 is 0 Å². The van der Waals surface area contributed by atoms with E-state index < -0.39 is 23.9 Å². The van der Waals surface area contributed by atoms with E-state index in [4.69, 9.17) is 9.84 Å². The number of carbonyl (C=O) groups is 3. The van der Waals surface area contributed by atoms with Gasteiger partial charge < -0.3 is 15.2 Å². The molecular formula is C12H17N3O5. The Morgan fingerprint density at radius 2 is 2.25 bits per heavy atom. The average molecular weight is 283 g/mol. The highest BCUT2D eigenvalue weighted by Gasteiger charge is 2.21. The zero-order valence-electron chi connectivity index (χ0n) is 11.1. The SMILES string of the molecule is CCOC(=O)CC[C@H](NC(=O)Cc1ccn[nH]1)C(=O)O. The van der Waals surface area contributed by atoms with Crippen LogP contribution < -0.4 is 5.32 Å². The first-order valence-electron chi connectivity index (χ1n) is 6.19. The summed E-state index contributed by atoms with van der Waals surface area (Å²) in [5.74, 6) is -2.13. The first kappa shape index (κ1) is 15.7. The van der Waals surface area contributed by atoms with Gasteiger partial charge in [0.05, 0.1) is 13.0 Å². The predicted molar refractivity (Wildman–Crippen MR) is 67.7 cm³/mol. The minimum atomic E-state index is -1.19. The van der Waals surface area contributed by atoms with E-state index >= 15 is 0 Å². The van der Waals surface area contributed by atoms with Crippen molar-refractivity contribution in [1.29, 1.82) is 0 Å². The summed E-state index contributed by atoms with van der Waals surface area (Å²) >= 11 is 0. The molecule has 1 aromatic heterocycles. The predicted octanol–water partition coefficient (Wildman–Crippen LogP) is -0.135. The molecule has 0 fully saturated rings. The molecule has 1 heterocycles. The normalized spacial score (nSPS) is 11.7. The number of aliphatic carboxylic acids is 1. The van der Waals surface area contributed by atoms with Gasteiger partial charge in [0.15, 0.2) is 0 Å². The summed E-state index contributed by atoms with van der Waals surface area (Å²) in [5, 5.41) is 17.7. The summed E-state index contributed by atoms with van der Waals surface area (Å²) in [5.41, 5.74) is 0.581. The number of amides is 1. The number of nitrogens with one attached hydrogen (secondary N) is 2. The van der Waals surface area contributed by atoms with E-state index in [0.29, 0.717) is 5.69 Å². The van der Waals surface area contributed by atoms with Crippen molar-refractivity contribution in [3.8, 4) is 0 Å². The van der Waals surface area contributed by atoms with Crippen molar-refractivity contribution in [3.63, 3.8) is 0 Å². The molecule has 0 aliphatic rings. The van der Waals surface area contributed by atoms with Crippen LogP contribution in [-0.4, -0.2) is 45.8 Å². The molecule has 0 saturated carbocycles. The van der Waals surface area contributed by atoms with Gasteiger partial charge in [-0.3, -0.25) is 14.7 Å². The number of aromatic amines is 1. The fourth-order valence-electron chi connectivity index (χ4n) is 1.55. The minimum Gasteiger partial charge on any atom is -0.480 e. The minimum absolute atomic E-state index is 0.00316. The summed E-state index contributed by atoms with van der Waals surface area (Å²) in [6.07, 6.45) is 1.43. The number of hydrogen-bond donors (Lipinski definition) is 3. The summed E-state index contributed by atoms with van der Waals surface area (Å²) in [6, 6.07) is 0.503. The van der Waals surface area contributed by atoms with Gasteiger partial charge in [-0.05, 0) is 19.4 Å². The molecule has 0 aliphatic heterocycles. The first-order valence-corrected chi connectivity index (χ1v) is 6.19. The van der Waals surface area contributed by atoms with E-state index in [9.17, 15) is 14.4 Å². The van der Waals surface area contributed by atoms with Crippen LogP contribution in [-0.2, 0) is 25.5 Å². The highest BCUT2D eigenvalue weighted by atomic mass is 16.5. The monoisotopic (exact) mass is 283 g/mol. The number of esters is 1. The molecule has 0 bridgehead atoms. The first-order chi connectivity index (χ1) is 9.52. The third-order valence-corrected chi connectivity index (χ3v) is 2.49. The smallest absolute Gasteiger partial charge is 0.326 e. The molecule has 0 spiro atoms. The number of hydrogen-bond acceptors (Lipinski definition) is 5. The van der Waals surface area contributed by atoms with Gasteiger partial charge in [-0.25, -0.2) is 4.79 Å². The van der Waals surface area contributed by atoms with Crippen LogP contribution in [0, 0.1) is 0 Å². The van der Waals surface area contributed by atoms with Crippen molar-refractivity contribution >= 4 is 17.8 Å². The summed E-state index contributed by atoms with van der Waals surface area (Å²) in [7, 11) is 0. The Balaban J connectivity index is 2.44. The average Bonchev–Trinajstić information content (AvgIpc) is 2.87. The Kier molecular flexibility index (Phi) is 6.21. The number of rotatable bonds is 8. The van der Waals surface area contributed by atoms with Crippen molar-refractivity contribution in [2.45, 2.75) is 32.2 Å². The lowest BCUT2D eigenvalue weighted by Crippen LogP contribution is -2.41. The number of carboxylic acids is 1. The Bertz CT molecular complexity index is 458. The molecule has 0 saturated heterocycles. The van der Waals surface area contributed by atoms with Crippen molar-refractivity contribution < 1.29 is 24.2 Å². The molecule has 0 unspecified atom stereocenters. The maximum Gasteiger partial charge on any atom is 0.326 e. The molecule has 1 amide bonds. The van der Waals surface area contributed by atoms with Crippen molar-refractivity contribution in [2.75, 3.05) is 6.61 Å². The van der Waals surface area contributed by atoms with Gasteiger partial charge in [0.1, 0.15) is 6.04 Å². The summed E-state index contributed by atoms with van der Waals surface area (Å²) in [4.78, 5) is 33.8. The van der Waals surface area contributed by atoms with Crippen LogP contribution in [0.15, 0.2) is 12.3 Å². The third-order valence-electron chi connectivity index (χ3n) is 2.49. The van der Waals surface area contributed by atoms with Crippen LogP contribution in [0.2, 0.25) is 0 Å². The van der Waals surface area contributed by atoms with Crippen LogP contribution in [0.25, 0.3) is 0 Å². The Morgan fingerprint density at radius 3 is 2.80 bits per heavy atom. The van der Waals surface area contributed by atoms with Crippen molar-refractivity contribution in [1.82, 2.24) is 15.5 Å². The van der Waals surface area contributed by atoms with Crippen molar-refractivity contribution in [2.24, 2.45) is 0 Å². The number of aromatic nitrogens is 2. The molecule has 8 heteroatoms. The van der Waals surface area contributed by atoms with Gasteiger partial charge in [0, 0.05) is 18.3 Å². The Labute approximate surface area is 115 Å². The molecule has 0 aromatic carbocycles. The number of carboxylic acid groups (broad SMARTS) is 1. The quantitative estimate of drug-likeness (QED) is 0.571. The van der Waals surface area contributed by atoms with Gasteiger partial charge in [-0.1, -0.05) is 0 Å². The second-order valence-electron chi connectivity index (χ2n) is 4.06. The lowest BCUT2D eigenvalue weighted by Gasteiger charge is -2.13. The van der Waals surface area contributed by atoms with Gasteiger partial charge in [0.25, 0.3) is 0 Å². The van der Waals surface area contributed by atoms with Gasteiger partial charge in [0.2, 0.25) is 5.91 Å². The van der Waals surface area contributed by atoms with E-state index in [0.717, 1.165) is 0 Å². The fraction of sp³-hybridized carbons (Fsp3) is 0.500. The Morgan fingerprint density at radius 1 is 1.50 bits per heavy atom. The van der Waals surface area contributed by atoms with Crippen LogP contribution in [0.3, 0.4) is 0 Å². The fourth-order valence-corrected chi connectivity index (χ4v) is 1.55. The zero-order valence-corrected chi connectivity index (χ0v) is 11.1. The van der Waals surface area contributed by atoms with Crippen LogP contribution in [0.5, 0.6) is 0 Å². The van der Waals surface area contributed by atoms with Crippen molar-refractivity contribution in [3.05, 3.63) is 18.0 Å². The molecule has 0 aliphatic carbocycles. The maximum atomic E-state index is 11.7. The van der Waals surface area contributed by atoms with E-state index in [1.165, 1.54) is 6.20 Å². The van der Waals surface area contributed by atoms with Gasteiger partial charge in [-0.15, -0.1) is 0 Å². The van der Waals surface area contributed by atoms with E-state index in [1.54, 1.807) is 13.0 Å². The molecule has 1 aromatic rings. The molecule has 20 heavy (non-hydrogen) atoms. The van der Waals surface area contributed by atoms with Gasteiger partial charge >= 0.3 is 11.9 Å². The highest BCUT2D eigenvalue weighted by molar-refractivity contribution is 5.85. The van der Waals surface area contributed by atoms with E-state index in [2.05, 4.69) is 15.5 Å². The lowest BCUT2D eigenvalue weighted by molar-refractivity contribution is -0.145. The number of carbonyl (C=O) groups excluding carboxylic acids is 2. The Hall–Kier alpha value is -2.38. The highest BCUT2D eigenvalue weighted by Crippen LogP contribution is 2.01. The maximum absolute atomic E-state index is 11.7.